The molecule has 0 aliphatic carbocycles. The molecule has 2 N–H and O–H groups in total. The van der Waals surface area contributed by atoms with Crippen molar-refractivity contribution in [2.45, 2.75) is 26.3 Å². The maximum Gasteiger partial charge on any atom is 0.229 e. The number of aromatic nitrogens is 1. The van der Waals surface area contributed by atoms with Gasteiger partial charge in [-0.1, -0.05) is 18.2 Å². The van der Waals surface area contributed by atoms with Crippen LogP contribution in [0, 0.1) is 12.8 Å². The molecule has 20 heavy (non-hydrogen) atoms. The minimum atomic E-state index is 0.0371. The molecule has 0 saturated carbocycles. The van der Waals surface area contributed by atoms with E-state index >= 15 is 0 Å². The Kier molecular flexibility index (Phi) is 3.40. The van der Waals surface area contributed by atoms with Crippen LogP contribution in [0.5, 0.6) is 0 Å². The first-order valence-electron chi connectivity index (χ1n) is 7.06. The molecule has 0 radical (unpaired) electrons. The highest BCUT2D eigenvalue weighted by molar-refractivity contribution is 6.01. The Morgan fingerprint density at radius 2 is 2.20 bits per heavy atom. The number of pyridine rings is 1. The summed E-state index contributed by atoms with van der Waals surface area (Å²) in [5, 5.41) is 7.40. The Labute approximate surface area is 118 Å². The minimum Gasteiger partial charge on any atom is -0.324 e. The molecule has 0 spiro atoms. The summed E-state index contributed by atoms with van der Waals surface area (Å²) in [5.74, 6) is 0.119. The number of carbonyl (C=O) groups excluding carboxylic acids is 1. The molecule has 1 amide bonds. The number of carbonyl (C=O) groups is 1. The first kappa shape index (κ1) is 13.1. The first-order chi connectivity index (χ1) is 9.65. The van der Waals surface area contributed by atoms with E-state index in [1.165, 1.54) is 0 Å². The van der Waals surface area contributed by atoms with Gasteiger partial charge in [-0.05, 0) is 38.9 Å². The Bertz CT molecular complexity index is 653. The number of aryl methyl sites for hydroxylation is 1. The normalized spacial score (nSPS) is 22.1. The summed E-state index contributed by atoms with van der Waals surface area (Å²) in [7, 11) is 0. The molecule has 4 nitrogen and oxygen atoms in total. The summed E-state index contributed by atoms with van der Waals surface area (Å²) in [6, 6.07) is 10.1. The third kappa shape index (κ3) is 2.39. The zero-order valence-electron chi connectivity index (χ0n) is 11.8. The van der Waals surface area contributed by atoms with E-state index in [4.69, 9.17) is 0 Å². The van der Waals surface area contributed by atoms with Gasteiger partial charge in [-0.25, -0.2) is 0 Å². The molecule has 2 heterocycles. The van der Waals surface area contributed by atoms with Gasteiger partial charge < -0.3 is 10.6 Å². The summed E-state index contributed by atoms with van der Waals surface area (Å²) in [5.41, 5.74) is 2.62. The molecule has 2 atom stereocenters. The molecule has 1 saturated heterocycles. The number of nitrogens with one attached hydrogen (secondary N) is 2. The number of anilines is 1. The molecule has 1 aliphatic rings. The highest BCUT2D eigenvalue weighted by Gasteiger charge is 2.29. The second-order valence-electron chi connectivity index (χ2n) is 5.46. The number of amides is 1. The number of nitrogens with zero attached hydrogens (tertiary/aromatic N) is 1. The molecule has 1 aliphatic heterocycles. The van der Waals surface area contributed by atoms with Crippen molar-refractivity contribution in [2.24, 2.45) is 5.92 Å². The summed E-state index contributed by atoms with van der Waals surface area (Å²) < 4.78 is 0. The van der Waals surface area contributed by atoms with Crippen LogP contribution >= 0.6 is 0 Å². The number of benzene rings is 1. The molecule has 1 aromatic heterocycles. The van der Waals surface area contributed by atoms with E-state index in [1.54, 1.807) is 0 Å². The van der Waals surface area contributed by atoms with Crippen LogP contribution in [0.15, 0.2) is 30.3 Å². The summed E-state index contributed by atoms with van der Waals surface area (Å²) in [6.45, 7) is 4.93. The van der Waals surface area contributed by atoms with Gasteiger partial charge in [0, 0.05) is 17.1 Å². The van der Waals surface area contributed by atoms with Crippen LogP contribution in [0.2, 0.25) is 0 Å². The molecule has 4 heteroatoms. The van der Waals surface area contributed by atoms with Crippen molar-refractivity contribution in [3.05, 3.63) is 36.0 Å². The fourth-order valence-corrected chi connectivity index (χ4v) is 2.79. The lowest BCUT2D eigenvalue weighted by Gasteiger charge is -2.15. The number of rotatable bonds is 2. The lowest BCUT2D eigenvalue weighted by Crippen LogP contribution is -2.32. The summed E-state index contributed by atoms with van der Waals surface area (Å²) >= 11 is 0. The highest BCUT2D eigenvalue weighted by atomic mass is 16.2. The van der Waals surface area contributed by atoms with E-state index in [2.05, 4.69) is 22.5 Å². The van der Waals surface area contributed by atoms with E-state index in [9.17, 15) is 4.79 Å². The highest BCUT2D eigenvalue weighted by Crippen LogP contribution is 2.24. The predicted molar refractivity (Wildman–Crippen MR) is 80.7 cm³/mol. The van der Waals surface area contributed by atoms with Crippen LogP contribution in [0.25, 0.3) is 10.9 Å². The Hall–Kier alpha value is -1.94. The number of hydrogen-bond donors (Lipinski definition) is 2. The van der Waals surface area contributed by atoms with Gasteiger partial charge in [0.1, 0.15) is 0 Å². The minimum absolute atomic E-state index is 0.0371. The quantitative estimate of drug-likeness (QED) is 0.880. The van der Waals surface area contributed by atoms with Gasteiger partial charge in [-0.2, -0.15) is 0 Å². The topological polar surface area (TPSA) is 54.0 Å². The fraction of sp³-hybridized carbons (Fsp3) is 0.375. The molecule has 1 fully saturated rings. The zero-order valence-corrected chi connectivity index (χ0v) is 11.8. The second kappa shape index (κ2) is 5.21. The SMILES string of the molecule is Cc1ccc2cccc(NC(=O)C3CCNC3C)c2n1. The van der Waals surface area contributed by atoms with Crippen molar-refractivity contribution in [3.8, 4) is 0 Å². The monoisotopic (exact) mass is 269 g/mol. The van der Waals surface area contributed by atoms with Crippen molar-refractivity contribution in [1.29, 1.82) is 0 Å². The lowest BCUT2D eigenvalue weighted by atomic mass is 10.0. The van der Waals surface area contributed by atoms with E-state index < -0.39 is 0 Å². The number of fused-ring (bicyclic) bond motifs is 1. The van der Waals surface area contributed by atoms with E-state index in [0.717, 1.165) is 35.2 Å². The Morgan fingerprint density at radius 1 is 1.35 bits per heavy atom. The summed E-state index contributed by atoms with van der Waals surface area (Å²) in [4.78, 5) is 16.9. The zero-order chi connectivity index (χ0) is 14.1. The average molecular weight is 269 g/mol. The van der Waals surface area contributed by atoms with Crippen LogP contribution in [0.3, 0.4) is 0 Å². The van der Waals surface area contributed by atoms with E-state index in [1.807, 2.05) is 37.3 Å². The largest absolute Gasteiger partial charge is 0.324 e. The maximum absolute atomic E-state index is 12.4. The van der Waals surface area contributed by atoms with Crippen molar-refractivity contribution in [1.82, 2.24) is 10.3 Å². The predicted octanol–water partition coefficient (Wildman–Crippen LogP) is 2.48. The van der Waals surface area contributed by atoms with Gasteiger partial charge in [-0.15, -0.1) is 0 Å². The van der Waals surface area contributed by atoms with Crippen LogP contribution in [0.4, 0.5) is 5.69 Å². The second-order valence-corrected chi connectivity index (χ2v) is 5.46. The van der Waals surface area contributed by atoms with Crippen LogP contribution < -0.4 is 10.6 Å². The van der Waals surface area contributed by atoms with Gasteiger partial charge in [-0.3, -0.25) is 9.78 Å². The van der Waals surface area contributed by atoms with Gasteiger partial charge >= 0.3 is 0 Å². The molecule has 1 aromatic carbocycles. The molecule has 2 aromatic rings. The fourth-order valence-electron chi connectivity index (χ4n) is 2.79. The standard InChI is InChI=1S/C16H19N3O/c1-10-6-7-12-4-3-5-14(15(12)18-10)19-16(20)13-8-9-17-11(13)2/h3-7,11,13,17H,8-9H2,1-2H3,(H,19,20). The Balaban J connectivity index is 1.90. The van der Waals surface area contributed by atoms with Gasteiger partial charge in [0.25, 0.3) is 0 Å². The van der Waals surface area contributed by atoms with Crippen LogP contribution in [-0.2, 0) is 4.79 Å². The van der Waals surface area contributed by atoms with Crippen LogP contribution in [0.1, 0.15) is 19.0 Å². The lowest BCUT2D eigenvalue weighted by molar-refractivity contribution is -0.119. The van der Waals surface area contributed by atoms with Gasteiger partial charge in [0.15, 0.2) is 0 Å². The van der Waals surface area contributed by atoms with E-state index in [0.29, 0.717) is 0 Å². The van der Waals surface area contributed by atoms with E-state index in [-0.39, 0.29) is 17.9 Å². The summed E-state index contributed by atoms with van der Waals surface area (Å²) in [6.07, 6.45) is 0.893. The third-order valence-electron chi connectivity index (χ3n) is 3.98. The maximum atomic E-state index is 12.4. The van der Waals surface area contributed by atoms with Gasteiger partial charge in [0.2, 0.25) is 5.91 Å². The molecular formula is C16H19N3O. The van der Waals surface area contributed by atoms with Gasteiger partial charge in [0.05, 0.1) is 17.1 Å². The first-order valence-corrected chi connectivity index (χ1v) is 7.06. The molecular weight excluding hydrogens is 250 g/mol. The van der Waals surface area contributed by atoms with Crippen molar-refractivity contribution >= 4 is 22.5 Å². The molecule has 0 bridgehead atoms. The Morgan fingerprint density at radius 3 is 2.95 bits per heavy atom. The van der Waals surface area contributed by atoms with Crippen molar-refractivity contribution in [2.75, 3.05) is 11.9 Å². The average Bonchev–Trinajstić information content (AvgIpc) is 2.86. The van der Waals surface area contributed by atoms with Crippen molar-refractivity contribution < 1.29 is 4.79 Å². The number of hydrogen-bond acceptors (Lipinski definition) is 3. The third-order valence-corrected chi connectivity index (χ3v) is 3.98. The van der Waals surface area contributed by atoms with Crippen molar-refractivity contribution in [3.63, 3.8) is 0 Å². The molecule has 3 rings (SSSR count). The number of para-hydroxylation sites is 1. The van der Waals surface area contributed by atoms with Crippen LogP contribution in [-0.4, -0.2) is 23.5 Å². The smallest absolute Gasteiger partial charge is 0.229 e. The molecule has 104 valence electrons. The molecule has 2 unspecified atom stereocenters.